The monoisotopic (exact) mass is 303 g/mol. The summed E-state index contributed by atoms with van der Waals surface area (Å²) < 4.78 is 0. The number of likely N-dealkylation sites (tertiary alicyclic amines) is 1. The van der Waals surface area contributed by atoms with Gasteiger partial charge in [-0.25, -0.2) is 0 Å². The molecule has 2 unspecified atom stereocenters. The maximum atomic E-state index is 12.3. The first kappa shape index (κ1) is 14.4. The summed E-state index contributed by atoms with van der Waals surface area (Å²) in [6.07, 6.45) is 2.26. The van der Waals surface area contributed by atoms with Crippen molar-refractivity contribution in [1.82, 2.24) is 10.2 Å². The number of carbonyl (C=O) groups is 1. The van der Waals surface area contributed by atoms with Crippen LogP contribution < -0.4 is 5.32 Å². The molecule has 0 saturated carbocycles. The molecule has 0 aromatic heterocycles. The van der Waals surface area contributed by atoms with Crippen LogP contribution in [0, 0.1) is 0 Å². The van der Waals surface area contributed by atoms with Crippen LogP contribution in [0.15, 0.2) is 35.3 Å². The molecule has 2 heterocycles. The number of nitrogens with one attached hydrogen (secondary N) is 1. The first-order valence-electron chi connectivity index (χ1n) is 7.55. The minimum atomic E-state index is -0.191. The van der Waals surface area contributed by atoms with Crippen molar-refractivity contribution < 1.29 is 4.79 Å². The Hall–Kier alpha value is -1.49. The molecular weight excluding hydrogens is 282 g/mol. The van der Waals surface area contributed by atoms with Crippen molar-refractivity contribution in [2.24, 2.45) is 4.99 Å². The largest absolute Gasteiger partial charge is 0.353 e. The van der Waals surface area contributed by atoms with Crippen molar-refractivity contribution in [2.75, 3.05) is 18.8 Å². The van der Waals surface area contributed by atoms with Gasteiger partial charge in [0.15, 0.2) is 5.17 Å². The fourth-order valence-electron chi connectivity index (χ4n) is 2.76. The predicted molar refractivity (Wildman–Crippen MR) is 87.5 cm³/mol. The van der Waals surface area contributed by atoms with Crippen LogP contribution in [0.4, 0.5) is 0 Å². The van der Waals surface area contributed by atoms with Gasteiger partial charge < -0.3 is 10.2 Å². The summed E-state index contributed by atoms with van der Waals surface area (Å²) in [6, 6.07) is 10.3. The summed E-state index contributed by atoms with van der Waals surface area (Å²) in [6.45, 7) is 3.73. The quantitative estimate of drug-likeness (QED) is 0.933. The highest BCUT2D eigenvalue weighted by Crippen LogP contribution is 2.29. The number of carbonyl (C=O) groups excluding carboxylic acids is 1. The molecule has 3 rings (SSSR count). The second-order valence-corrected chi connectivity index (χ2v) is 6.58. The Balaban J connectivity index is 1.59. The average molecular weight is 303 g/mol. The second kappa shape index (κ2) is 6.52. The molecule has 1 fully saturated rings. The first-order valence-corrected chi connectivity index (χ1v) is 8.53. The molecule has 0 spiro atoms. The molecule has 2 atom stereocenters. The van der Waals surface area contributed by atoms with Crippen molar-refractivity contribution >= 4 is 22.8 Å². The number of hydrogen-bond donors (Lipinski definition) is 1. The van der Waals surface area contributed by atoms with Crippen LogP contribution in [0.3, 0.4) is 0 Å². The number of rotatable bonds is 3. The molecule has 0 radical (unpaired) electrons. The molecule has 2 aliphatic rings. The number of aliphatic imine (C=N–C) groups is 1. The van der Waals surface area contributed by atoms with Crippen molar-refractivity contribution in [3.05, 3.63) is 35.9 Å². The van der Waals surface area contributed by atoms with E-state index in [9.17, 15) is 4.79 Å². The van der Waals surface area contributed by atoms with E-state index >= 15 is 0 Å². The lowest BCUT2D eigenvalue weighted by molar-refractivity contribution is -0.131. The average Bonchev–Trinajstić information content (AvgIpc) is 3.19. The normalized spacial score (nSPS) is 23.0. The van der Waals surface area contributed by atoms with E-state index in [-0.39, 0.29) is 18.0 Å². The molecule has 1 N–H and O–H groups in total. The lowest BCUT2D eigenvalue weighted by atomic mass is 10.1. The first-order chi connectivity index (χ1) is 10.2. The van der Waals surface area contributed by atoms with E-state index in [1.807, 2.05) is 30.0 Å². The van der Waals surface area contributed by atoms with E-state index in [0.717, 1.165) is 36.9 Å². The Morgan fingerprint density at radius 3 is 2.76 bits per heavy atom. The Kier molecular flexibility index (Phi) is 4.48. The number of amidine groups is 1. The fraction of sp³-hybridized carbons (Fsp3) is 0.500. The molecule has 1 aromatic carbocycles. The van der Waals surface area contributed by atoms with Crippen LogP contribution in [-0.4, -0.2) is 40.9 Å². The summed E-state index contributed by atoms with van der Waals surface area (Å²) >= 11 is 1.70. The Morgan fingerprint density at radius 2 is 2.05 bits per heavy atom. The molecule has 1 aromatic rings. The summed E-state index contributed by atoms with van der Waals surface area (Å²) in [5, 5.41) is 4.17. The fourth-order valence-corrected chi connectivity index (χ4v) is 3.80. The molecule has 0 bridgehead atoms. The van der Waals surface area contributed by atoms with Crippen LogP contribution in [0.5, 0.6) is 0 Å². The minimum absolute atomic E-state index is 0.191. The summed E-state index contributed by atoms with van der Waals surface area (Å²) in [5.41, 5.74) is 1.24. The molecule has 21 heavy (non-hydrogen) atoms. The van der Waals surface area contributed by atoms with Crippen molar-refractivity contribution in [2.45, 2.75) is 31.8 Å². The van der Waals surface area contributed by atoms with Gasteiger partial charge in [-0.05, 0) is 25.3 Å². The van der Waals surface area contributed by atoms with Gasteiger partial charge >= 0.3 is 0 Å². The highest BCUT2D eigenvalue weighted by atomic mass is 32.2. The third-order valence-corrected chi connectivity index (χ3v) is 4.94. The van der Waals surface area contributed by atoms with E-state index in [2.05, 4.69) is 17.4 Å². The van der Waals surface area contributed by atoms with Crippen LogP contribution in [0.1, 0.15) is 31.4 Å². The summed E-state index contributed by atoms with van der Waals surface area (Å²) in [5.74, 6) is 1.13. The number of amides is 1. The van der Waals surface area contributed by atoms with Gasteiger partial charge in [0, 0.05) is 18.8 Å². The zero-order valence-electron chi connectivity index (χ0n) is 12.3. The maximum absolute atomic E-state index is 12.3. The Morgan fingerprint density at radius 1 is 1.33 bits per heavy atom. The van der Waals surface area contributed by atoms with Crippen molar-refractivity contribution in [3.8, 4) is 0 Å². The minimum Gasteiger partial charge on any atom is -0.353 e. The SMILES string of the molecule is CC(NC1=NC(c2ccccc2)CS1)C(=O)N1CCCC1. The molecule has 1 saturated heterocycles. The third kappa shape index (κ3) is 3.40. The molecule has 2 aliphatic heterocycles. The van der Waals surface area contributed by atoms with E-state index in [1.54, 1.807) is 11.8 Å². The molecule has 112 valence electrons. The zero-order valence-corrected chi connectivity index (χ0v) is 13.1. The lowest BCUT2D eigenvalue weighted by Gasteiger charge is -2.21. The standard InChI is InChI=1S/C16H21N3OS/c1-12(15(20)19-9-5-6-10-19)17-16-18-14(11-21-16)13-7-3-2-4-8-13/h2-4,7-8,12,14H,5-6,9-11H2,1H3,(H,17,18). The highest BCUT2D eigenvalue weighted by Gasteiger charge is 2.26. The van der Waals surface area contributed by atoms with Gasteiger partial charge in [-0.2, -0.15) is 0 Å². The highest BCUT2D eigenvalue weighted by molar-refractivity contribution is 8.14. The Labute approximate surface area is 130 Å². The van der Waals surface area contributed by atoms with Crippen molar-refractivity contribution in [3.63, 3.8) is 0 Å². The van der Waals surface area contributed by atoms with Crippen LogP contribution in [-0.2, 0) is 4.79 Å². The van der Waals surface area contributed by atoms with E-state index in [1.165, 1.54) is 5.56 Å². The van der Waals surface area contributed by atoms with E-state index in [4.69, 9.17) is 4.99 Å². The van der Waals surface area contributed by atoms with Crippen LogP contribution >= 0.6 is 11.8 Å². The van der Waals surface area contributed by atoms with Crippen LogP contribution in [0.2, 0.25) is 0 Å². The number of benzene rings is 1. The molecular formula is C16H21N3OS. The molecule has 5 heteroatoms. The summed E-state index contributed by atoms with van der Waals surface area (Å²) in [7, 11) is 0. The van der Waals surface area contributed by atoms with E-state index < -0.39 is 0 Å². The van der Waals surface area contributed by atoms with E-state index in [0.29, 0.717) is 0 Å². The van der Waals surface area contributed by atoms with Gasteiger partial charge in [-0.3, -0.25) is 9.79 Å². The smallest absolute Gasteiger partial charge is 0.244 e. The van der Waals surface area contributed by atoms with Gasteiger partial charge in [0.1, 0.15) is 6.04 Å². The third-order valence-electron chi connectivity index (χ3n) is 3.96. The molecule has 4 nitrogen and oxygen atoms in total. The topological polar surface area (TPSA) is 44.7 Å². The number of thioether (sulfide) groups is 1. The van der Waals surface area contributed by atoms with Gasteiger partial charge in [-0.15, -0.1) is 0 Å². The number of nitrogens with zero attached hydrogens (tertiary/aromatic N) is 2. The lowest BCUT2D eigenvalue weighted by Crippen LogP contribution is -2.45. The zero-order chi connectivity index (χ0) is 14.7. The summed E-state index contributed by atoms with van der Waals surface area (Å²) in [4.78, 5) is 18.9. The van der Waals surface area contributed by atoms with Gasteiger partial charge in [0.05, 0.1) is 6.04 Å². The Bertz CT molecular complexity index is 526. The maximum Gasteiger partial charge on any atom is 0.244 e. The predicted octanol–water partition coefficient (Wildman–Crippen LogP) is 2.43. The molecule has 1 amide bonds. The second-order valence-electron chi connectivity index (χ2n) is 5.57. The van der Waals surface area contributed by atoms with Gasteiger partial charge in [0.2, 0.25) is 5.91 Å². The molecule has 0 aliphatic carbocycles. The van der Waals surface area contributed by atoms with Crippen molar-refractivity contribution in [1.29, 1.82) is 0 Å². The van der Waals surface area contributed by atoms with Crippen LogP contribution in [0.25, 0.3) is 0 Å². The number of hydrogen-bond acceptors (Lipinski definition) is 4. The van der Waals surface area contributed by atoms with Gasteiger partial charge in [0.25, 0.3) is 0 Å². The van der Waals surface area contributed by atoms with Gasteiger partial charge in [-0.1, -0.05) is 42.1 Å².